The maximum absolute atomic E-state index is 11.6. The molecule has 0 unspecified atom stereocenters. The Morgan fingerprint density at radius 2 is 1.95 bits per heavy atom. The lowest BCUT2D eigenvalue weighted by Gasteiger charge is -2.37. The van der Waals surface area contributed by atoms with Crippen LogP contribution in [-0.2, 0) is 4.74 Å². The number of carbonyl (C=O) groups is 1. The fraction of sp³-hybridized carbons (Fsp3) is 0.562. The summed E-state index contributed by atoms with van der Waals surface area (Å²) in [5, 5.41) is 15.7. The Balaban J connectivity index is 1.75. The van der Waals surface area contributed by atoms with E-state index in [1.807, 2.05) is 33.8 Å². The molecule has 1 amide bonds. The largest absolute Gasteiger partial charge is 0.508 e. The second-order valence-electron chi connectivity index (χ2n) is 6.66. The fourth-order valence-electron chi connectivity index (χ4n) is 2.36. The van der Waals surface area contributed by atoms with Gasteiger partial charge < -0.3 is 20.5 Å². The summed E-state index contributed by atoms with van der Waals surface area (Å²) in [5.41, 5.74) is 1.57. The number of ether oxygens (including phenoxy) is 1. The molecule has 1 saturated carbocycles. The Kier molecular flexibility index (Phi) is 4.30. The molecule has 0 heterocycles. The number of amides is 1. The molecule has 0 bridgehead atoms. The Hall–Kier alpha value is -1.91. The molecule has 21 heavy (non-hydrogen) atoms. The summed E-state index contributed by atoms with van der Waals surface area (Å²) in [7, 11) is 0. The highest BCUT2D eigenvalue weighted by Crippen LogP contribution is 2.27. The molecule has 1 aliphatic carbocycles. The van der Waals surface area contributed by atoms with Gasteiger partial charge in [0.2, 0.25) is 0 Å². The molecule has 0 atom stereocenters. The van der Waals surface area contributed by atoms with Gasteiger partial charge in [0, 0.05) is 17.8 Å². The number of rotatable bonds is 3. The second kappa shape index (κ2) is 5.84. The van der Waals surface area contributed by atoms with Gasteiger partial charge in [-0.2, -0.15) is 0 Å². The number of phenolic OH excluding ortho intramolecular Hbond substituents is 1. The van der Waals surface area contributed by atoms with Crippen LogP contribution in [0.3, 0.4) is 0 Å². The summed E-state index contributed by atoms with van der Waals surface area (Å²) in [6.07, 6.45) is 1.39. The monoisotopic (exact) mass is 292 g/mol. The lowest BCUT2D eigenvalue weighted by Crippen LogP contribution is -2.50. The average molecular weight is 292 g/mol. The number of carbonyl (C=O) groups excluding carboxylic acids is 1. The number of aryl methyl sites for hydroxylation is 1. The van der Waals surface area contributed by atoms with Crippen LogP contribution >= 0.6 is 0 Å². The number of benzene rings is 1. The number of hydrogen-bond acceptors (Lipinski definition) is 4. The van der Waals surface area contributed by atoms with E-state index in [-0.39, 0.29) is 17.9 Å². The molecule has 0 spiro atoms. The maximum Gasteiger partial charge on any atom is 0.407 e. The zero-order chi connectivity index (χ0) is 15.6. The van der Waals surface area contributed by atoms with Gasteiger partial charge in [0.05, 0.1) is 0 Å². The molecule has 5 heteroatoms. The lowest BCUT2D eigenvalue weighted by atomic mass is 9.86. The average Bonchev–Trinajstić information content (AvgIpc) is 2.26. The van der Waals surface area contributed by atoms with Crippen molar-refractivity contribution in [3.8, 4) is 5.75 Å². The van der Waals surface area contributed by atoms with Crippen LogP contribution in [0, 0.1) is 6.92 Å². The van der Waals surface area contributed by atoms with Crippen LogP contribution in [0.4, 0.5) is 10.5 Å². The lowest BCUT2D eigenvalue weighted by molar-refractivity contribution is 0.0475. The summed E-state index contributed by atoms with van der Waals surface area (Å²) in [5.74, 6) is 0.274. The molecular weight excluding hydrogens is 268 g/mol. The standard InChI is InChI=1S/C16H24N2O3/c1-10-7-13(19)5-6-14(10)17-11-8-12(9-11)18-15(20)21-16(2,3)4/h5-7,11-12,17,19H,8-9H2,1-4H3,(H,18,20). The molecule has 116 valence electrons. The van der Waals surface area contributed by atoms with Crippen LogP contribution in [-0.4, -0.2) is 28.9 Å². The summed E-state index contributed by atoms with van der Waals surface area (Å²) in [6, 6.07) is 5.78. The Morgan fingerprint density at radius 3 is 2.52 bits per heavy atom. The van der Waals surface area contributed by atoms with Crippen molar-refractivity contribution in [1.29, 1.82) is 0 Å². The third-order valence-electron chi connectivity index (χ3n) is 3.43. The third-order valence-corrected chi connectivity index (χ3v) is 3.43. The predicted molar refractivity (Wildman–Crippen MR) is 82.6 cm³/mol. The first-order valence-corrected chi connectivity index (χ1v) is 7.28. The Bertz CT molecular complexity index is 517. The van der Waals surface area contributed by atoms with Crippen molar-refractivity contribution in [2.75, 3.05) is 5.32 Å². The molecule has 0 aromatic heterocycles. The van der Waals surface area contributed by atoms with Crippen LogP contribution in [0.25, 0.3) is 0 Å². The van der Waals surface area contributed by atoms with Crippen molar-refractivity contribution in [2.24, 2.45) is 0 Å². The van der Waals surface area contributed by atoms with E-state index in [1.54, 1.807) is 12.1 Å². The van der Waals surface area contributed by atoms with E-state index < -0.39 is 5.60 Å². The van der Waals surface area contributed by atoms with Crippen LogP contribution in [0.15, 0.2) is 18.2 Å². The third kappa shape index (κ3) is 4.55. The molecule has 0 saturated heterocycles. The zero-order valence-electron chi connectivity index (χ0n) is 13.1. The minimum atomic E-state index is -0.464. The predicted octanol–water partition coefficient (Wildman–Crippen LogP) is 3.17. The SMILES string of the molecule is Cc1cc(O)ccc1NC1CC(NC(=O)OC(C)(C)C)C1. The summed E-state index contributed by atoms with van der Waals surface area (Å²) < 4.78 is 5.23. The van der Waals surface area contributed by atoms with E-state index in [4.69, 9.17) is 4.74 Å². The number of anilines is 1. The van der Waals surface area contributed by atoms with Crippen LogP contribution in [0.2, 0.25) is 0 Å². The van der Waals surface area contributed by atoms with Gasteiger partial charge in [0.1, 0.15) is 11.4 Å². The van der Waals surface area contributed by atoms with Crippen molar-refractivity contribution >= 4 is 11.8 Å². The van der Waals surface area contributed by atoms with Gasteiger partial charge in [-0.25, -0.2) is 4.79 Å². The molecule has 2 rings (SSSR count). The highest BCUT2D eigenvalue weighted by molar-refractivity contribution is 5.68. The number of phenols is 1. The normalized spacial score (nSPS) is 21.3. The van der Waals surface area contributed by atoms with Gasteiger partial charge in [-0.3, -0.25) is 0 Å². The highest BCUT2D eigenvalue weighted by Gasteiger charge is 2.31. The van der Waals surface area contributed by atoms with Crippen molar-refractivity contribution in [1.82, 2.24) is 5.32 Å². The fourth-order valence-corrected chi connectivity index (χ4v) is 2.36. The van der Waals surface area contributed by atoms with E-state index in [2.05, 4.69) is 10.6 Å². The van der Waals surface area contributed by atoms with Crippen molar-refractivity contribution < 1.29 is 14.6 Å². The van der Waals surface area contributed by atoms with Crippen molar-refractivity contribution in [2.45, 2.75) is 58.2 Å². The smallest absolute Gasteiger partial charge is 0.407 e. The number of alkyl carbamates (subject to hydrolysis) is 1. The van der Waals surface area contributed by atoms with Crippen LogP contribution in [0.1, 0.15) is 39.2 Å². The van der Waals surface area contributed by atoms with Gasteiger partial charge >= 0.3 is 6.09 Å². The quantitative estimate of drug-likeness (QED) is 0.748. The van der Waals surface area contributed by atoms with E-state index >= 15 is 0 Å². The van der Waals surface area contributed by atoms with Gasteiger partial charge in [-0.1, -0.05) is 0 Å². The number of hydrogen-bond donors (Lipinski definition) is 3. The molecule has 1 aliphatic rings. The minimum Gasteiger partial charge on any atom is -0.508 e. The first-order valence-electron chi connectivity index (χ1n) is 7.28. The molecule has 1 fully saturated rings. The number of aromatic hydroxyl groups is 1. The van der Waals surface area contributed by atoms with E-state index in [1.165, 1.54) is 0 Å². The summed E-state index contributed by atoms with van der Waals surface area (Å²) in [6.45, 7) is 7.51. The van der Waals surface area contributed by atoms with Gasteiger partial charge in [-0.05, 0) is 64.3 Å². The molecular formula is C16H24N2O3. The Morgan fingerprint density at radius 1 is 1.29 bits per heavy atom. The van der Waals surface area contributed by atoms with E-state index in [0.717, 1.165) is 24.1 Å². The van der Waals surface area contributed by atoms with Gasteiger partial charge in [0.15, 0.2) is 0 Å². The van der Waals surface area contributed by atoms with Crippen molar-refractivity contribution in [3.05, 3.63) is 23.8 Å². The van der Waals surface area contributed by atoms with Crippen LogP contribution in [0.5, 0.6) is 5.75 Å². The molecule has 3 N–H and O–H groups in total. The molecule has 0 aliphatic heterocycles. The molecule has 1 aromatic rings. The minimum absolute atomic E-state index is 0.162. The van der Waals surface area contributed by atoms with Crippen molar-refractivity contribution in [3.63, 3.8) is 0 Å². The van der Waals surface area contributed by atoms with Gasteiger partial charge in [0.25, 0.3) is 0 Å². The Labute approximate surface area is 125 Å². The zero-order valence-corrected chi connectivity index (χ0v) is 13.1. The van der Waals surface area contributed by atoms with E-state index in [9.17, 15) is 9.90 Å². The highest BCUT2D eigenvalue weighted by atomic mass is 16.6. The second-order valence-corrected chi connectivity index (χ2v) is 6.66. The summed E-state index contributed by atoms with van der Waals surface area (Å²) >= 11 is 0. The topological polar surface area (TPSA) is 70.6 Å². The van der Waals surface area contributed by atoms with Gasteiger partial charge in [-0.15, -0.1) is 0 Å². The number of nitrogens with one attached hydrogen (secondary N) is 2. The molecule has 1 aromatic carbocycles. The summed E-state index contributed by atoms with van der Waals surface area (Å²) in [4.78, 5) is 11.6. The van der Waals surface area contributed by atoms with Crippen LogP contribution < -0.4 is 10.6 Å². The van der Waals surface area contributed by atoms with E-state index in [0.29, 0.717) is 6.04 Å². The molecule has 0 radical (unpaired) electrons. The molecule has 5 nitrogen and oxygen atoms in total. The maximum atomic E-state index is 11.6. The first kappa shape index (κ1) is 15.5. The first-order chi connectivity index (χ1) is 9.73.